The van der Waals surface area contributed by atoms with Crippen LogP contribution in [0, 0.1) is 0 Å². The van der Waals surface area contributed by atoms with Crippen LogP contribution in [0.15, 0.2) is 60.7 Å². The number of benzene rings is 2. The number of carbonyl (C=O) groups is 2. The Labute approximate surface area is 168 Å². The quantitative estimate of drug-likeness (QED) is 0.367. The Morgan fingerprint density at radius 2 is 1.48 bits per heavy atom. The lowest BCUT2D eigenvalue weighted by atomic mass is 10.1. The monoisotopic (exact) mass is 403 g/mol. The van der Waals surface area contributed by atoms with E-state index in [0.717, 1.165) is 6.42 Å². The van der Waals surface area contributed by atoms with Gasteiger partial charge in [0.1, 0.15) is 11.5 Å². The molecule has 2 aromatic rings. The zero-order valence-electron chi connectivity index (χ0n) is 15.9. The van der Waals surface area contributed by atoms with Crippen molar-refractivity contribution >= 4 is 11.9 Å². The molecule has 2 unspecified atom stereocenters. The highest BCUT2D eigenvalue weighted by Crippen LogP contribution is 2.24. The number of hydrogen-bond donors (Lipinski definition) is 6. The van der Waals surface area contributed by atoms with E-state index in [4.69, 9.17) is 10.2 Å². The van der Waals surface area contributed by atoms with Crippen molar-refractivity contribution in [3.05, 3.63) is 71.8 Å². The first-order valence-electron chi connectivity index (χ1n) is 8.79. The number of carboxylic acid groups (broad SMARTS) is 2. The third kappa shape index (κ3) is 10.5. The van der Waals surface area contributed by atoms with Crippen LogP contribution in [0.4, 0.5) is 0 Å². The highest BCUT2D eigenvalue weighted by molar-refractivity contribution is 5.89. The second-order valence-corrected chi connectivity index (χ2v) is 6.31. The molecule has 0 aliphatic rings. The molecule has 0 saturated carbocycles. The molecule has 8 nitrogen and oxygen atoms in total. The Morgan fingerprint density at radius 1 is 0.966 bits per heavy atom. The second kappa shape index (κ2) is 12.2. The lowest BCUT2D eigenvalue weighted by Gasteiger charge is -2.18. The average molecular weight is 403 g/mol. The van der Waals surface area contributed by atoms with Crippen molar-refractivity contribution in [2.45, 2.75) is 25.5 Å². The summed E-state index contributed by atoms with van der Waals surface area (Å²) in [6.07, 6.45) is 1.21. The van der Waals surface area contributed by atoms with Gasteiger partial charge >= 0.3 is 11.9 Å². The smallest absolute Gasteiger partial charge is 0.328 e. The normalized spacial score (nSPS) is 12.6. The van der Waals surface area contributed by atoms with Crippen LogP contribution in [0.5, 0.6) is 11.5 Å². The van der Waals surface area contributed by atoms with Gasteiger partial charge in [-0.15, -0.1) is 0 Å². The minimum absolute atomic E-state index is 0.0543. The highest BCUT2D eigenvalue weighted by Gasteiger charge is 2.11. The van der Waals surface area contributed by atoms with E-state index in [0.29, 0.717) is 24.3 Å². The Balaban J connectivity index is 0.000000447. The topological polar surface area (TPSA) is 147 Å². The molecule has 0 aromatic heterocycles. The van der Waals surface area contributed by atoms with E-state index in [1.54, 1.807) is 0 Å². The summed E-state index contributed by atoms with van der Waals surface area (Å²) in [5.41, 5.74) is 1.73. The molecule has 2 rings (SSSR count). The summed E-state index contributed by atoms with van der Waals surface area (Å²) in [4.78, 5) is 19.1. The molecule has 0 radical (unpaired) electrons. The molecule has 0 aliphatic carbocycles. The van der Waals surface area contributed by atoms with Crippen LogP contribution in [-0.4, -0.2) is 50.1 Å². The first-order chi connectivity index (χ1) is 13.7. The van der Waals surface area contributed by atoms with E-state index in [2.05, 4.69) is 24.4 Å². The molecule has 8 heteroatoms. The molecule has 0 fully saturated rings. The third-order valence-corrected chi connectivity index (χ3v) is 3.72. The number of phenolic OH excluding ortho intramolecular Hbond substituents is 2. The summed E-state index contributed by atoms with van der Waals surface area (Å²) in [6.45, 7) is 2.41. The molecule has 0 bridgehead atoms. The van der Waals surface area contributed by atoms with Gasteiger partial charge in [0.15, 0.2) is 0 Å². The Kier molecular flexibility index (Phi) is 9.94. The Bertz CT molecular complexity index is 785. The SMILES string of the molecule is CC(Cc1ccccc1)NCC(O)c1cc(O)cc(O)c1.O=C(O)C=CC(=O)O. The van der Waals surface area contributed by atoms with Gasteiger partial charge in [-0.3, -0.25) is 0 Å². The lowest BCUT2D eigenvalue weighted by Crippen LogP contribution is -2.32. The minimum atomic E-state index is -1.26. The molecule has 2 atom stereocenters. The zero-order valence-corrected chi connectivity index (χ0v) is 15.9. The van der Waals surface area contributed by atoms with E-state index < -0.39 is 18.0 Å². The van der Waals surface area contributed by atoms with Crippen LogP contribution in [0.25, 0.3) is 0 Å². The highest BCUT2D eigenvalue weighted by atomic mass is 16.4. The summed E-state index contributed by atoms with van der Waals surface area (Å²) >= 11 is 0. The van der Waals surface area contributed by atoms with Gasteiger partial charge in [-0.2, -0.15) is 0 Å². The van der Waals surface area contributed by atoms with E-state index in [-0.39, 0.29) is 17.5 Å². The number of hydrogen-bond acceptors (Lipinski definition) is 6. The minimum Gasteiger partial charge on any atom is -0.508 e. The van der Waals surface area contributed by atoms with E-state index >= 15 is 0 Å². The van der Waals surface area contributed by atoms with Crippen molar-refractivity contribution < 1.29 is 35.1 Å². The number of aliphatic hydroxyl groups excluding tert-OH is 1. The van der Waals surface area contributed by atoms with Crippen molar-refractivity contribution in [1.29, 1.82) is 0 Å². The zero-order chi connectivity index (χ0) is 21.8. The van der Waals surface area contributed by atoms with E-state index in [1.165, 1.54) is 23.8 Å². The number of aliphatic hydroxyl groups is 1. The fourth-order valence-corrected chi connectivity index (χ4v) is 2.42. The largest absolute Gasteiger partial charge is 0.508 e. The number of rotatable bonds is 8. The number of aromatic hydroxyl groups is 2. The molecule has 6 N–H and O–H groups in total. The lowest BCUT2D eigenvalue weighted by molar-refractivity contribution is -0.134. The fourth-order valence-electron chi connectivity index (χ4n) is 2.42. The fraction of sp³-hybridized carbons (Fsp3) is 0.238. The number of phenols is 2. The van der Waals surface area contributed by atoms with Gasteiger partial charge in [0.05, 0.1) is 6.10 Å². The molecule has 2 aromatic carbocycles. The van der Waals surface area contributed by atoms with Crippen molar-refractivity contribution in [2.24, 2.45) is 0 Å². The van der Waals surface area contributed by atoms with Crippen LogP contribution in [0.2, 0.25) is 0 Å². The van der Waals surface area contributed by atoms with Gasteiger partial charge in [-0.1, -0.05) is 30.3 Å². The summed E-state index contributed by atoms with van der Waals surface area (Å²) in [6, 6.07) is 14.5. The van der Waals surface area contributed by atoms with Crippen molar-refractivity contribution in [1.82, 2.24) is 5.32 Å². The van der Waals surface area contributed by atoms with Gasteiger partial charge in [0, 0.05) is 30.8 Å². The predicted molar refractivity (Wildman–Crippen MR) is 107 cm³/mol. The maximum absolute atomic E-state index is 10.1. The Hall–Kier alpha value is -3.36. The van der Waals surface area contributed by atoms with Crippen molar-refractivity contribution in [3.8, 4) is 11.5 Å². The summed E-state index contributed by atoms with van der Waals surface area (Å²) < 4.78 is 0. The van der Waals surface area contributed by atoms with Crippen LogP contribution in [0.1, 0.15) is 24.2 Å². The number of aliphatic carboxylic acids is 2. The van der Waals surface area contributed by atoms with Gasteiger partial charge in [0.25, 0.3) is 0 Å². The summed E-state index contributed by atoms with van der Waals surface area (Å²) in [5, 5.41) is 47.8. The van der Waals surface area contributed by atoms with Crippen LogP contribution in [-0.2, 0) is 16.0 Å². The Morgan fingerprint density at radius 3 is 1.97 bits per heavy atom. The van der Waals surface area contributed by atoms with Gasteiger partial charge in [0.2, 0.25) is 0 Å². The molecule has 0 spiro atoms. The number of nitrogens with one attached hydrogen (secondary N) is 1. The third-order valence-electron chi connectivity index (χ3n) is 3.72. The molecule has 29 heavy (non-hydrogen) atoms. The molecule has 0 saturated heterocycles. The van der Waals surface area contributed by atoms with Crippen LogP contribution in [0.3, 0.4) is 0 Å². The molecule has 0 heterocycles. The van der Waals surface area contributed by atoms with E-state index in [1.807, 2.05) is 18.2 Å². The van der Waals surface area contributed by atoms with Crippen molar-refractivity contribution in [3.63, 3.8) is 0 Å². The molecular formula is C21H25NO7. The van der Waals surface area contributed by atoms with Gasteiger partial charge in [-0.05, 0) is 36.6 Å². The van der Waals surface area contributed by atoms with Crippen LogP contribution >= 0.6 is 0 Å². The number of carboxylic acids is 2. The first-order valence-corrected chi connectivity index (χ1v) is 8.79. The first kappa shape index (κ1) is 23.7. The summed E-state index contributed by atoms with van der Waals surface area (Å²) in [5.74, 6) is -2.62. The van der Waals surface area contributed by atoms with E-state index in [9.17, 15) is 24.9 Å². The standard InChI is InChI=1S/C17H21NO3.C4H4O4/c1-12(7-13-5-3-2-4-6-13)18-11-17(21)14-8-15(19)10-16(20)9-14;5-3(6)1-2-4(7)8/h2-6,8-10,12,17-21H,7,11H2,1H3;1-2H,(H,5,6)(H,7,8). The van der Waals surface area contributed by atoms with Gasteiger partial charge in [-0.25, -0.2) is 9.59 Å². The van der Waals surface area contributed by atoms with Crippen LogP contribution < -0.4 is 5.32 Å². The molecule has 0 aliphatic heterocycles. The predicted octanol–water partition coefficient (Wildman–Crippen LogP) is 2.06. The average Bonchev–Trinajstić information content (AvgIpc) is 2.65. The summed E-state index contributed by atoms with van der Waals surface area (Å²) in [7, 11) is 0. The maximum Gasteiger partial charge on any atom is 0.328 e. The molecular weight excluding hydrogens is 378 g/mol. The second-order valence-electron chi connectivity index (χ2n) is 6.31. The van der Waals surface area contributed by atoms with Crippen molar-refractivity contribution in [2.75, 3.05) is 6.54 Å². The maximum atomic E-state index is 10.1. The molecule has 156 valence electrons. The van der Waals surface area contributed by atoms with Gasteiger partial charge < -0.3 is 30.8 Å². The molecule has 0 amide bonds.